The Labute approximate surface area is 142 Å². The molecular weight excluding hydrogens is 333 g/mol. The van der Waals surface area contributed by atoms with Gasteiger partial charge in [0.05, 0.1) is 6.33 Å². The lowest BCUT2D eigenvalue weighted by Gasteiger charge is -2.12. The Kier molecular flexibility index (Phi) is 4.03. The maximum atomic E-state index is 13.9. The standard InChI is InChI=1S/C16H15ClFN5O/c17-11-4-1-3-10(7-11)8-19-14-13-15(22-16(18)21-14)23(9-20-13)12-5-2-6-24-12/h1,3-4,7,9,12H,2,5-6,8H2,(H,19,21,22). The highest BCUT2D eigenvalue weighted by Crippen LogP contribution is 2.28. The quantitative estimate of drug-likeness (QED) is 0.731. The molecule has 0 aliphatic carbocycles. The molecule has 1 fully saturated rings. The number of ether oxygens (including phenoxy) is 1. The van der Waals surface area contributed by atoms with Crippen molar-refractivity contribution in [2.24, 2.45) is 0 Å². The van der Waals surface area contributed by atoms with Crippen LogP contribution in [0, 0.1) is 6.08 Å². The Morgan fingerprint density at radius 1 is 1.38 bits per heavy atom. The van der Waals surface area contributed by atoms with E-state index in [1.807, 2.05) is 18.2 Å². The van der Waals surface area contributed by atoms with Crippen LogP contribution in [0.2, 0.25) is 5.02 Å². The number of imidazole rings is 1. The molecule has 1 unspecified atom stereocenters. The lowest BCUT2D eigenvalue weighted by Crippen LogP contribution is -2.09. The zero-order valence-corrected chi connectivity index (χ0v) is 13.5. The van der Waals surface area contributed by atoms with Crippen LogP contribution in [-0.2, 0) is 11.3 Å². The van der Waals surface area contributed by atoms with Gasteiger partial charge in [0, 0.05) is 18.2 Å². The van der Waals surface area contributed by atoms with E-state index in [0.717, 1.165) is 18.4 Å². The van der Waals surface area contributed by atoms with E-state index in [0.29, 0.717) is 35.2 Å². The van der Waals surface area contributed by atoms with Gasteiger partial charge in [-0.05, 0) is 30.5 Å². The molecule has 8 heteroatoms. The molecule has 1 saturated heterocycles. The van der Waals surface area contributed by atoms with E-state index in [2.05, 4.69) is 20.3 Å². The first-order valence-corrected chi connectivity index (χ1v) is 8.08. The topological polar surface area (TPSA) is 64.9 Å². The Bertz CT molecular complexity index is 878. The molecule has 1 N–H and O–H groups in total. The van der Waals surface area contributed by atoms with Crippen molar-refractivity contribution in [1.29, 1.82) is 0 Å². The fraction of sp³-hybridized carbons (Fsp3) is 0.312. The molecule has 3 heterocycles. The van der Waals surface area contributed by atoms with Crippen molar-refractivity contribution in [3.8, 4) is 0 Å². The molecule has 24 heavy (non-hydrogen) atoms. The predicted molar refractivity (Wildman–Crippen MR) is 88.3 cm³/mol. The van der Waals surface area contributed by atoms with Gasteiger partial charge in [0.25, 0.3) is 0 Å². The molecule has 124 valence electrons. The molecule has 1 aliphatic heterocycles. The van der Waals surface area contributed by atoms with Crippen LogP contribution in [0.1, 0.15) is 24.6 Å². The monoisotopic (exact) mass is 347 g/mol. The third kappa shape index (κ3) is 2.92. The first kappa shape index (κ1) is 15.3. The second-order valence-corrected chi connectivity index (χ2v) is 6.05. The average molecular weight is 348 g/mol. The highest BCUT2D eigenvalue weighted by Gasteiger charge is 2.22. The summed E-state index contributed by atoms with van der Waals surface area (Å²) < 4.78 is 21.3. The number of halogens is 2. The summed E-state index contributed by atoms with van der Waals surface area (Å²) in [6.07, 6.45) is 2.51. The summed E-state index contributed by atoms with van der Waals surface area (Å²) in [6.45, 7) is 1.15. The molecule has 0 radical (unpaired) electrons. The number of nitrogens with zero attached hydrogens (tertiary/aromatic N) is 4. The fourth-order valence-corrected chi connectivity index (χ4v) is 3.05. The summed E-state index contributed by atoms with van der Waals surface area (Å²) in [7, 11) is 0. The molecule has 1 atom stereocenters. The van der Waals surface area contributed by atoms with Crippen LogP contribution in [0.15, 0.2) is 30.6 Å². The zero-order chi connectivity index (χ0) is 16.5. The van der Waals surface area contributed by atoms with Crippen LogP contribution >= 0.6 is 11.6 Å². The molecule has 1 aromatic carbocycles. The summed E-state index contributed by atoms with van der Waals surface area (Å²) in [6, 6.07) is 7.44. The number of hydrogen-bond acceptors (Lipinski definition) is 5. The maximum absolute atomic E-state index is 13.9. The van der Waals surface area contributed by atoms with Gasteiger partial charge < -0.3 is 10.1 Å². The Hall–Kier alpha value is -2.25. The largest absolute Gasteiger partial charge is 0.364 e. The van der Waals surface area contributed by atoms with Crippen molar-refractivity contribution in [2.45, 2.75) is 25.6 Å². The Balaban J connectivity index is 1.65. The average Bonchev–Trinajstić information content (AvgIpc) is 3.21. The van der Waals surface area contributed by atoms with Gasteiger partial charge >= 0.3 is 6.08 Å². The summed E-state index contributed by atoms with van der Waals surface area (Å²) >= 11 is 5.98. The number of anilines is 1. The molecule has 2 aromatic heterocycles. The SMILES string of the molecule is Fc1nc(NCc2cccc(Cl)c2)c2ncn(C3CCCO3)c2n1. The third-order valence-electron chi connectivity index (χ3n) is 3.96. The molecule has 0 bridgehead atoms. The second kappa shape index (κ2) is 6.33. The number of benzene rings is 1. The highest BCUT2D eigenvalue weighted by molar-refractivity contribution is 6.30. The van der Waals surface area contributed by atoms with Gasteiger partial charge in [-0.15, -0.1) is 0 Å². The summed E-state index contributed by atoms with van der Waals surface area (Å²) in [5, 5.41) is 3.76. The molecule has 0 spiro atoms. The fourth-order valence-electron chi connectivity index (χ4n) is 2.84. The first-order valence-electron chi connectivity index (χ1n) is 7.71. The minimum atomic E-state index is -0.796. The Morgan fingerprint density at radius 2 is 2.29 bits per heavy atom. The molecule has 0 saturated carbocycles. The molecule has 3 aromatic rings. The first-order chi connectivity index (χ1) is 11.7. The van der Waals surface area contributed by atoms with Gasteiger partial charge in [0.2, 0.25) is 0 Å². The minimum Gasteiger partial charge on any atom is -0.364 e. The van der Waals surface area contributed by atoms with E-state index in [4.69, 9.17) is 16.3 Å². The van der Waals surface area contributed by atoms with E-state index in [1.54, 1.807) is 17.0 Å². The highest BCUT2D eigenvalue weighted by atomic mass is 35.5. The lowest BCUT2D eigenvalue weighted by atomic mass is 10.2. The summed E-state index contributed by atoms with van der Waals surface area (Å²) in [4.78, 5) is 12.1. The number of hydrogen-bond donors (Lipinski definition) is 1. The molecule has 1 aliphatic rings. The van der Waals surface area contributed by atoms with Crippen LogP contribution in [-0.4, -0.2) is 26.1 Å². The van der Waals surface area contributed by atoms with Crippen molar-refractivity contribution in [2.75, 3.05) is 11.9 Å². The molecule has 0 amide bonds. The molecule has 6 nitrogen and oxygen atoms in total. The van der Waals surface area contributed by atoms with Gasteiger partial charge in [0.1, 0.15) is 6.23 Å². The van der Waals surface area contributed by atoms with E-state index in [1.165, 1.54) is 0 Å². The van der Waals surface area contributed by atoms with Crippen LogP contribution in [0.25, 0.3) is 11.2 Å². The molecular formula is C16H15ClFN5O. The summed E-state index contributed by atoms with van der Waals surface area (Å²) in [5.41, 5.74) is 1.92. The van der Waals surface area contributed by atoms with Crippen LogP contribution in [0.4, 0.5) is 10.2 Å². The van der Waals surface area contributed by atoms with Crippen LogP contribution in [0.5, 0.6) is 0 Å². The third-order valence-corrected chi connectivity index (χ3v) is 4.19. The van der Waals surface area contributed by atoms with Crippen LogP contribution < -0.4 is 5.32 Å². The van der Waals surface area contributed by atoms with E-state index in [9.17, 15) is 4.39 Å². The normalized spacial score (nSPS) is 17.5. The van der Waals surface area contributed by atoms with Crippen molar-refractivity contribution in [1.82, 2.24) is 19.5 Å². The van der Waals surface area contributed by atoms with Gasteiger partial charge in [0.15, 0.2) is 17.0 Å². The van der Waals surface area contributed by atoms with E-state index in [-0.39, 0.29) is 6.23 Å². The Morgan fingerprint density at radius 3 is 3.08 bits per heavy atom. The number of aromatic nitrogens is 4. The smallest absolute Gasteiger partial charge is 0.312 e. The van der Waals surface area contributed by atoms with Gasteiger partial charge in [-0.2, -0.15) is 14.4 Å². The van der Waals surface area contributed by atoms with Crippen molar-refractivity contribution >= 4 is 28.6 Å². The zero-order valence-electron chi connectivity index (χ0n) is 12.7. The van der Waals surface area contributed by atoms with Crippen molar-refractivity contribution in [3.63, 3.8) is 0 Å². The number of nitrogens with one attached hydrogen (secondary N) is 1. The van der Waals surface area contributed by atoms with Crippen LogP contribution in [0.3, 0.4) is 0 Å². The van der Waals surface area contributed by atoms with Gasteiger partial charge in [-0.25, -0.2) is 4.98 Å². The number of fused-ring (bicyclic) bond motifs is 1. The second-order valence-electron chi connectivity index (χ2n) is 5.62. The van der Waals surface area contributed by atoms with E-state index < -0.39 is 6.08 Å². The molecule has 4 rings (SSSR count). The van der Waals surface area contributed by atoms with Crippen molar-refractivity contribution in [3.05, 3.63) is 47.3 Å². The van der Waals surface area contributed by atoms with Gasteiger partial charge in [-0.1, -0.05) is 23.7 Å². The summed E-state index contributed by atoms with van der Waals surface area (Å²) in [5.74, 6) is 0.356. The lowest BCUT2D eigenvalue weighted by molar-refractivity contribution is 0.0592. The minimum absolute atomic E-state index is 0.148. The van der Waals surface area contributed by atoms with Gasteiger partial charge in [-0.3, -0.25) is 4.57 Å². The van der Waals surface area contributed by atoms with Crippen molar-refractivity contribution < 1.29 is 9.13 Å². The number of rotatable bonds is 4. The van der Waals surface area contributed by atoms with E-state index >= 15 is 0 Å². The predicted octanol–water partition coefficient (Wildman–Crippen LogP) is 3.54. The maximum Gasteiger partial charge on any atom is 0.312 e.